The van der Waals surface area contributed by atoms with Crippen molar-refractivity contribution in [1.82, 2.24) is 20.1 Å². The number of nitrogens with zero attached hydrogens (tertiary/aromatic N) is 3. The van der Waals surface area contributed by atoms with Crippen molar-refractivity contribution in [1.29, 1.82) is 0 Å². The number of hydrogen-bond acceptors (Lipinski definition) is 3. The predicted octanol–water partition coefficient (Wildman–Crippen LogP) is 3.27. The highest BCUT2D eigenvalue weighted by molar-refractivity contribution is 5.74. The number of rotatable bonds is 5. The van der Waals surface area contributed by atoms with Crippen LogP contribution in [0.3, 0.4) is 0 Å². The summed E-state index contributed by atoms with van der Waals surface area (Å²) in [4.78, 5) is 21.3. The minimum Gasteiger partial charge on any atom is -0.338 e. The Bertz CT molecular complexity index is 530. The molecule has 25 heavy (non-hydrogen) atoms. The van der Waals surface area contributed by atoms with Crippen LogP contribution in [0.5, 0.6) is 0 Å². The van der Waals surface area contributed by atoms with Crippen molar-refractivity contribution < 1.29 is 4.79 Å². The van der Waals surface area contributed by atoms with E-state index in [4.69, 9.17) is 0 Å². The van der Waals surface area contributed by atoms with E-state index in [1.165, 1.54) is 25.7 Å². The molecular formula is C20H32N4O. The largest absolute Gasteiger partial charge is 0.338 e. The summed E-state index contributed by atoms with van der Waals surface area (Å²) in [5.74, 6) is 0.702. The molecule has 0 bridgehead atoms. The Kier molecular flexibility index (Phi) is 6.68. The van der Waals surface area contributed by atoms with Crippen molar-refractivity contribution in [2.75, 3.05) is 26.7 Å². The van der Waals surface area contributed by atoms with Gasteiger partial charge in [0.2, 0.25) is 0 Å². The van der Waals surface area contributed by atoms with E-state index in [9.17, 15) is 4.79 Å². The standard InChI is InChI=1S/C20H32N4O/c1-23(16-18-9-4-5-12-21-18)19-10-6-13-24(14-11-19)20(25)22-15-17-7-2-3-8-17/h4-5,9,12,17,19H,2-3,6-8,10-11,13-16H2,1H3,(H,22,25)/t19-/m0/s1. The Morgan fingerprint density at radius 3 is 2.80 bits per heavy atom. The molecule has 0 unspecified atom stereocenters. The molecule has 1 aliphatic carbocycles. The lowest BCUT2D eigenvalue weighted by Gasteiger charge is -2.27. The Hall–Kier alpha value is -1.62. The quantitative estimate of drug-likeness (QED) is 0.892. The third-order valence-electron chi connectivity index (χ3n) is 5.76. The van der Waals surface area contributed by atoms with Gasteiger partial charge in [0, 0.05) is 38.4 Å². The molecule has 2 heterocycles. The molecule has 1 atom stereocenters. The van der Waals surface area contributed by atoms with Crippen LogP contribution in [0.4, 0.5) is 4.79 Å². The molecule has 2 fully saturated rings. The van der Waals surface area contributed by atoms with Crippen LogP contribution in [0.1, 0.15) is 50.6 Å². The molecule has 3 rings (SSSR count). The Labute approximate surface area is 151 Å². The monoisotopic (exact) mass is 344 g/mol. The topological polar surface area (TPSA) is 48.5 Å². The number of aromatic nitrogens is 1. The van der Waals surface area contributed by atoms with Gasteiger partial charge in [0.15, 0.2) is 0 Å². The highest BCUT2D eigenvalue weighted by Gasteiger charge is 2.24. The van der Waals surface area contributed by atoms with Crippen molar-refractivity contribution >= 4 is 6.03 Å². The summed E-state index contributed by atoms with van der Waals surface area (Å²) >= 11 is 0. The fraction of sp³-hybridized carbons (Fsp3) is 0.700. The summed E-state index contributed by atoms with van der Waals surface area (Å²) in [7, 11) is 2.18. The number of hydrogen-bond donors (Lipinski definition) is 1. The van der Waals surface area contributed by atoms with Gasteiger partial charge in [0.25, 0.3) is 0 Å². The number of likely N-dealkylation sites (tertiary alicyclic amines) is 1. The second-order valence-electron chi connectivity index (χ2n) is 7.64. The number of carbonyl (C=O) groups excluding carboxylic acids is 1. The molecule has 0 aromatic carbocycles. The van der Waals surface area contributed by atoms with Gasteiger partial charge in [-0.1, -0.05) is 18.9 Å². The van der Waals surface area contributed by atoms with Gasteiger partial charge < -0.3 is 10.2 Å². The number of urea groups is 1. The minimum absolute atomic E-state index is 0.139. The molecule has 1 aromatic rings. The average Bonchev–Trinajstić information content (AvgIpc) is 3.02. The summed E-state index contributed by atoms with van der Waals surface area (Å²) in [5, 5.41) is 3.17. The molecule has 0 radical (unpaired) electrons. The minimum atomic E-state index is 0.139. The normalized spacial score (nSPS) is 22.2. The molecular weight excluding hydrogens is 312 g/mol. The van der Waals surface area contributed by atoms with Gasteiger partial charge in [-0.3, -0.25) is 9.88 Å². The zero-order valence-corrected chi connectivity index (χ0v) is 15.5. The van der Waals surface area contributed by atoms with E-state index in [0.29, 0.717) is 12.0 Å². The molecule has 1 aliphatic heterocycles. The Balaban J connectivity index is 1.43. The van der Waals surface area contributed by atoms with Crippen LogP contribution in [0.25, 0.3) is 0 Å². The smallest absolute Gasteiger partial charge is 0.317 e. The molecule has 0 spiro atoms. The van der Waals surface area contributed by atoms with E-state index in [2.05, 4.69) is 28.3 Å². The summed E-state index contributed by atoms with van der Waals surface area (Å²) in [6.45, 7) is 3.47. The van der Waals surface area contributed by atoms with Gasteiger partial charge in [-0.05, 0) is 57.2 Å². The van der Waals surface area contributed by atoms with E-state index >= 15 is 0 Å². The molecule has 1 aromatic heterocycles. The van der Waals surface area contributed by atoms with E-state index in [-0.39, 0.29) is 6.03 Å². The summed E-state index contributed by atoms with van der Waals surface area (Å²) in [6.07, 6.45) is 10.3. The average molecular weight is 345 g/mol. The maximum Gasteiger partial charge on any atom is 0.317 e. The molecule has 5 heteroatoms. The van der Waals surface area contributed by atoms with Crippen molar-refractivity contribution in [3.8, 4) is 0 Å². The molecule has 1 saturated heterocycles. The van der Waals surface area contributed by atoms with Gasteiger partial charge in [0.05, 0.1) is 5.69 Å². The fourth-order valence-electron chi connectivity index (χ4n) is 4.16. The van der Waals surface area contributed by atoms with Gasteiger partial charge in [-0.15, -0.1) is 0 Å². The van der Waals surface area contributed by atoms with Crippen LogP contribution in [0, 0.1) is 5.92 Å². The van der Waals surface area contributed by atoms with E-state index in [0.717, 1.165) is 51.1 Å². The first-order valence-electron chi connectivity index (χ1n) is 9.85. The van der Waals surface area contributed by atoms with E-state index in [1.54, 1.807) is 0 Å². The van der Waals surface area contributed by atoms with Gasteiger partial charge in [-0.2, -0.15) is 0 Å². The van der Waals surface area contributed by atoms with E-state index in [1.807, 2.05) is 23.2 Å². The molecule has 1 N–H and O–H groups in total. The maximum atomic E-state index is 12.5. The number of pyridine rings is 1. The summed E-state index contributed by atoms with van der Waals surface area (Å²) in [5.41, 5.74) is 1.11. The van der Waals surface area contributed by atoms with Crippen molar-refractivity contribution in [2.45, 2.75) is 57.5 Å². The number of carbonyl (C=O) groups is 1. The SMILES string of the molecule is CN(Cc1ccccn1)[C@H]1CCCN(C(=O)NCC2CCCC2)CC1. The highest BCUT2D eigenvalue weighted by Crippen LogP contribution is 2.24. The third-order valence-corrected chi connectivity index (χ3v) is 5.76. The fourth-order valence-corrected chi connectivity index (χ4v) is 4.16. The molecule has 2 aliphatic rings. The number of nitrogens with one attached hydrogen (secondary N) is 1. The first kappa shape index (κ1) is 18.2. The van der Waals surface area contributed by atoms with Gasteiger partial charge in [0.1, 0.15) is 0 Å². The molecule has 2 amide bonds. The second-order valence-corrected chi connectivity index (χ2v) is 7.64. The highest BCUT2D eigenvalue weighted by atomic mass is 16.2. The van der Waals surface area contributed by atoms with Gasteiger partial charge >= 0.3 is 6.03 Å². The Morgan fingerprint density at radius 1 is 1.20 bits per heavy atom. The van der Waals surface area contributed by atoms with Crippen LogP contribution < -0.4 is 5.32 Å². The zero-order chi connectivity index (χ0) is 17.5. The molecule has 1 saturated carbocycles. The van der Waals surface area contributed by atoms with Gasteiger partial charge in [-0.25, -0.2) is 4.79 Å². The van der Waals surface area contributed by atoms with Crippen molar-refractivity contribution in [3.63, 3.8) is 0 Å². The Morgan fingerprint density at radius 2 is 2.04 bits per heavy atom. The van der Waals surface area contributed by atoms with E-state index < -0.39 is 0 Å². The lowest BCUT2D eigenvalue weighted by molar-refractivity contribution is 0.190. The van der Waals surface area contributed by atoms with Crippen molar-refractivity contribution in [3.05, 3.63) is 30.1 Å². The first-order valence-corrected chi connectivity index (χ1v) is 9.85. The second kappa shape index (κ2) is 9.18. The van der Waals surface area contributed by atoms with Crippen molar-refractivity contribution in [2.24, 2.45) is 5.92 Å². The summed E-state index contributed by atoms with van der Waals surface area (Å²) in [6, 6.07) is 6.74. The zero-order valence-electron chi connectivity index (χ0n) is 15.5. The molecule has 138 valence electrons. The van der Waals surface area contributed by atoms with Crippen LogP contribution in [-0.4, -0.2) is 53.5 Å². The van der Waals surface area contributed by atoms with Crippen LogP contribution in [0.2, 0.25) is 0 Å². The molecule has 5 nitrogen and oxygen atoms in total. The summed E-state index contributed by atoms with van der Waals surface area (Å²) < 4.78 is 0. The lowest BCUT2D eigenvalue weighted by Crippen LogP contribution is -2.42. The predicted molar refractivity (Wildman–Crippen MR) is 100 cm³/mol. The van der Waals surface area contributed by atoms with Crippen LogP contribution in [-0.2, 0) is 6.54 Å². The third kappa shape index (κ3) is 5.43. The number of amides is 2. The maximum absolute atomic E-state index is 12.5. The lowest BCUT2D eigenvalue weighted by atomic mass is 10.1. The van der Waals surface area contributed by atoms with Crippen LogP contribution in [0.15, 0.2) is 24.4 Å². The van der Waals surface area contributed by atoms with Crippen LogP contribution >= 0.6 is 0 Å². The first-order chi connectivity index (χ1) is 12.2.